The molecule has 0 bridgehead atoms. The normalized spacial score (nSPS) is 10.9. The van der Waals surface area contributed by atoms with Gasteiger partial charge in [-0.05, 0) is 31.5 Å². The Kier molecular flexibility index (Phi) is 3.35. The highest BCUT2D eigenvalue weighted by Gasteiger charge is 1.91. The molecule has 0 atom stereocenters. The van der Waals surface area contributed by atoms with Crippen molar-refractivity contribution in [1.29, 1.82) is 0 Å². The fourth-order valence-corrected chi connectivity index (χ4v) is 1.26. The zero-order valence-corrected chi connectivity index (χ0v) is 8.31. The molecule has 12 heavy (non-hydrogen) atoms. The first-order valence-electron chi connectivity index (χ1n) is 3.95. The van der Waals surface area contributed by atoms with Crippen molar-refractivity contribution in [3.05, 3.63) is 35.2 Å². The Morgan fingerprint density at radius 3 is 2.42 bits per heavy atom. The first-order valence-corrected chi connectivity index (χ1v) is 4.58. The molecule has 0 aliphatic rings. The van der Waals surface area contributed by atoms with Gasteiger partial charge >= 0.3 is 0 Å². The van der Waals surface area contributed by atoms with Crippen LogP contribution < -0.4 is 0 Å². The Balaban J connectivity index is 2.93. The van der Waals surface area contributed by atoms with Gasteiger partial charge in [0.25, 0.3) is 0 Å². The van der Waals surface area contributed by atoms with Crippen LogP contribution in [0.5, 0.6) is 0 Å². The molecule has 2 heteroatoms. The average molecular weight is 179 g/mol. The van der Waals surface area contributed by atoms with Gasteiger partial charge in [0.2, 0.25) is 0 Å². The van der Waals surface area contributed by atoms with Crippen LogP contribution in [0.15, 0.2) is 18.2 Å². The lowest BCUT2D eigenvalue weighted by atomic mass is 10.2. The van der Waals surface area contributed by atoms with Crippen LogP contribution in [0, 0.1) is 13.8 Å². The smallest absolute Gasteiger partial charge is 0.0381 e. The van der Waals surface area contributed by atoms with Gasteiger partial charge in [-0.15, -0.1) is 0 Å². The molecule has 0 saturated carbocycles. The van der Waals surface area contributed by atoms with E-state index in [9.17, 15) is 0 Å². The van der Waals surface area contributed by atoms with Gasteiger partial charge in [-0.25, -0.2) is 0 Å². The van der Waals surface area contributed by atoms with Crippen molar-refractivity contribution < 1.29 is 0 Å². The molecule has 64 valence electrons. The van der Waals surface area contributed by atoms with Gasteiger partial charge in [0.1, 0.15) is 0 Å². The van der Waals surface area contributed by atoms with Crippen LogP contribution in [0.1, 0.15) is 17.0 Å². The molecule has 0 aliphatic carbocycles. The standard InChI is InChI=1S/C10H13NS/c1-8-6-10(4-3-5-12)7-9(2)11-8/h3-4,6-7,12H,5H2,1-2H3. The molecule has 0 radical (unpaired) electrons. The fraction of sp³-hybridized carbons (Fsp3) is 0.300. The Labute approximate surface area is 78.9 Å². The average Bonchev–Trinajstić information content (AvgIpc) is 1.99. The molecule has 0 unspecified atom stereocenters. The van der Waals surface area contributed by atoms with Gasteiger partial charge in [0.05, 0.1) is 0 Å². The summed E-state index contributed by atoms with van der Waals surface area (Å²) in [6.45, 7) is 4.01. The predicted octanol–water partition coefficient (Wildman–Crippen LogP) is 2.64. The summed E-state index contributed by atoms with van der Waals surface area (Å²) in [5.41, 5.74) is 3.33. The maximum Gasteiger partial charge on any atom is 0.0381 e. The molecular weight excluding hydrogens is 166 g/mol. The third-order valence-corrected chi connectivity index (χ3v) is 1.73. The summed E-state index contributed by atoms with van der Waals surface area (Å²) in [5, 5.41) is 0. The van der Waals surface area contributed by atoms with Gasteiger partial charge in [-0.3, -0.25) is 4.98 Å². The number of aromatic nitrogens is 1. The highest BCUT2D eigenvalue weighted by molar-refractivity contribution is 7.80. The minimum atomic E-state index is 0.778. The number of aryl methyl sites for hydroxylation is 2. The molecule has 0 amide bonds. The van der Waals surface area contributed by atoms with Crippen molar-refractivity contribution in [2.75, 3.05) is 5.75 Å². The maximum absolute atomic E-state index is 4.29. The molecule has 0 spiro atoms. The van der Waals surface area contributed by atoms with Gasteiger partial charge in [-0.2, -0.15) is 12.6 Å². The largest absolute Gasteiger partial charge is 0.258 e. The molecule has 1 aromatic heterocycles. The summed E-state index contributed by atoms with van der Waals surface area (Å²) in [5.74, 6) is 0.778. The lowest BCUT2D eigenvalue weighted by Gasteiger charge is -1.98. The lowest BCUT2D eigenvalue weighted by Crippen LogP contribution is -1.86. The van der Waals surface area contributed by atoms with Crippen LogP contribution in [0.3, 0.4) is 0 Å². The van der Waals surface area contributed by atoms with Gasteiger partial charge in [0.15, 0.2) is 0 Å². The molecule has 1 aromatic rings. The van der Waals surface area contributed by atoms with Crippen molar-refractivity contribution in [2.45, 2.75) is 13.8 Å². The van der Waals surface area contributed by atoms with Crippen molar-refractivity contribution in [2.24, 2.45) is 0 Å². The van der Waals surface area contributed by atoms with Crippen LogP contribution in [0.25, 0.3) is 6.08 Å². The van der Waals surface area contributed by atoms with Crippen molar-refractivity contribution in [3.63, 3.8) is 0 Å². The molecule has 0 N–H and O–H groups in total. The highest BCUT2D eigenvalue weighted by atomic mass is 32.1. The van der Waals surface area contributed by atoms with Crippen LogP contribution >= 0.6 is 12.6 Å². The van der Waals surface area contributed by atoms with Gasteiger partial charge in [-0.1, -0.05) is 12.2 Å². The van der Waals surface area contributed by atoms with Crippen molar-refractivity contribution in [3.8, 4) is 0 Å². The van der Waals surface area contributed by atoms with E-state index in [4.69, 9.17) is 0 Å². The predicted molar refractivity (Wildman–Crippen MR) is 56.6 cm³/mol. The number of pyridine rings is 1. The van der Waals surface area contributed by atoms with E-state index in [0.717, 1.165) is 17.1 Å². The summed E-state index contributed by atoms with van der Waals surface area (Å²) < 4.78 is 0. The summed E-state index contributed by atoms with van der Waals surface area (Å²) in [6, 6.07) is 4.12. The SMILES string of the molecule is Cc1cc(C=CCS)cc(C)n1. The Morgan fingerprint density at radius 2 is 1.92 bits per heavy atom. The second-order valence-electron chi connectivity index (χ2n) is 2.77. The quantitative estimate of drug-likeness (QED) is 0.689. The van der Waals surface area contributed by atoms with E-state index in [0.29, 0.717) is 0 Å². The van der Waals surface area contributed by atoms with E-state index < -0.39 is 0 Å². The first-order chi connectivity index (χ1) is 5.72. The molecular formula is C10H13NS. The topological polar surface area (TPSA) is 12.9 Å². The molecule has 1 heterocycles. The second kappa shape index (κ2) is 4.31. The first kappa shape index (κ1) is 9.33. The molecule has 1 rings (SSSR count). The van der Waals surface area contributed by atoms with Crippen LogP contribution in [0.4, 0.5) is 0 Å². The molecule has 0 aliphatic heterocycles. The third-order valence-electron chi connectivity index (χ3n) is 1.52. The third kappa shape index (κ3) is 2.70. The maximum atomic E-state index is 4.29. The molecule has 0 aromatic carbocycles. The van der Waals surface area contributed by atoms with E-state index in [-0.39, 0.29) is 0 Å². The highest BCUT2D eigenvalue weighted by Crippen LogP contribution is 2.06. The van der Waals surface area contributed by atoms with Crippen LogP contribution in [0.2, 0.25) is 0 Å². The summed E-state index contributed by atoms with van der Waals surface area (Å²) in [4.78, 5) is 4.29. The van der Waals surface area contributed by atoms with Crippen molar-refractivity contribution >= 4 is 18.7 Å². The monoisotopic (exact) mass is 179 g/mol. The number of nitrogens with zero attached hydrogens (tertiary/aromatic N) is 1. The van der Waals surface area contributed by atoms with E-state index in [1.807, 2.05) is 19.9 Å². The number of hydrogen-bond acceptors (Lipinski definition) is 2. The van der Waals surface area contributed by atoms with Gasteiger partial charge in [0, 0.05) is 17.1 Å². The number of hydrogen-bond donors (Lipinski definition) is 1. The molecule has 0 saturated heterocycles. The Morgan fingerprint density at radius 1 is 1.33 bits per heavy atom. The minimum absolute atomic E-state index is 0.778. The Bertz CT molecular complexity index is 272. The van der Waals surface area contributed by atoms with E-state index in [1.54, 1.807) is 0 Å². The lowest BCUT2D eigenvalue weighted by molar-refractivity contribution is 1.12. The fourth-order valence-electron chi connectivity index (χ4n) is 1.15. The second-order valence-corrected chi connectivity index (χ2v) is 3.13. The number of thiol groups is 1. The van der Waals surface area contributed by atoms with E-state index in [2.05, 4.69) is 35.8 Å². The zero-order chi connectivity index (χ0) is 8.97. The minimum Gasteiger partial charge on any atom is -0.258 e. The van der Waals surface area contributed by atoms with Gasteiger partial charge < -0.3 is 0 Å². The summed E-state index contributed by atoms with van der Waals surface area (Å²) >= 11 is 4.10. The summed E-state index contributed by atoms with van der Waals surface area (Å²) in [6.07, 6.45) is 4.09. The van der Waals surface area contributed by atoms with Crippen molar-refractivity contribution in [1.82, 2.24) is 4.98 Å². The van der Waals surface area contributed by atoms with Crippen LogP contribution in [-0.2, 0) is 0 Å². The van der Waals surface area contributed by atoms with Crippen LogP contribution in [-0.4, -0.2) is 10.7 Å². The molecule has 1 nitrogen and oxygen atoms in total. The summed E-state index contributed by atoms with van der Waals surface area (Å²) in [7, 11) is 0. The zero-order valence-electron chi connectivity index (χ0n) is 7.41. The van der Waals surface area contributed by atoms with E-state index in [1.165, 1.54) is 5.56 Å². The number of rotatable bonds is 2. The molecule has 0 fully saturated rings. The Hall–Kier alpha value is -0.760. The van der Waals surface area contributed by atoms with E-state index >= 15 is 0 Å².